The molecular weight excluding hydrogens is 250 g/mol. The molecule has 0 aliphatic heterocycles. The van der Waals surface area contributed by atoms with Gasteiger partial charge < -0.3 is 14.7 Å². The highest BCUT2D eigenvalue weighted by atomic mass is 16.3. The van der Waals surface area contributed by atoms with Crippen LogP contribution in [0.3, 0.4) is 0 Å². The monoisotopic (exact) mass is 267 g/mol. The van der Waals surface area contributed by atoms with Crippen LogP contribution in [-0.2, 0) is 7.05 Å². The zero-order valence-electron chi connectivity index (χ0n) is 11.4. The van der Waals surface area contributed by atoms with E-state index in [2.05, 4.69) is 27.8 Å². The van der Waals surface area contributed by atoms with E-state index in [0.717, 1.165) is 35.5 Å². The maximum Gasteiger partial charge on any atom is 0.176 e. The Morgan fingerprint density at radius 2 is 2.15 bits per heavy atom. The molecule has 0 saturated heterocycles. The number of aryl methyl sites for hydroxylation is 1. The molecule has 0 unspecified atom stereocenters. The van der Waals surface area contributed by atoms with Crippen LogP contribution in [0.5, 0.6) is 0 Å². The van der Waals surface area contributed by atoms with Gasteiger partial charge in [0.05, 0.1) is 17.3 Å². The van der Waals surface area contributed by atoms with Crippen molar-refractivity contribution in [2.24, 2.45) is 12.8 Å². The summed E-state index contributed by atoms with van der Waals surface area (Å²) in [6.45, 7) is 0. The molecule has 1 aromatic carbocycles. The number of nitrogens with zero attached hydrogens (tertiary/aromatic N) is 2. The molecule has 2 heterocycles. The Morgan fingerprint density at radius 3 is 2.85 bits per heavy atom. The fraction of sp³-hybridized carbons (Fsp3) is 0.312. The van der Waals surface area contributed by atoms with Gasteiger partial charge in [0.1, 0.15) is 0 Å². The Kier molecular flexibility index (Phi) is 2.47. The van der Waals surface area contributed by atoms with Crippen molar-refractivity contribution in [2.75, 3.05) is 0 Å². The predicted molar refractivity (Wildman–Crippen MR) is 78.4 cm³/mol. The molecule has 1 fully saturated rings. The highest BCUT2D eigenvalue weighted by Gasteiger charge is 2.27. The van der Waals surface area contributed by atoms with Crippen LogP contribution in [0.2, 0.25) is 0 Å². The maximum atomic E-state index is 5.89. The molecule has 0 atom stereocenters. The van der Waals surface area contributed by atoms with E-state index in [4.69, 9.17) is 10.2 Å². The Bertz CT molecular complexity index is 751. The normalized spacial score (nSPS) is 22.1. The maximum absolute atomic E-state index is 5.89. The van der Waals surface area contributed by atoms with E-state index < -0.39 is 0 Å². The smallest absolute Gasteiger partial charge is 0.176 e. The number of furan rings is 1. The number of nitrogens with two attached hydrogens (primary N) is 1. The average molecular weight is 267 g/mol. The molecule has 20 heavy (non-hydrogen) atoms. The molecule has 1 aliphatic carbocycles. The first-order valence-corrected chi connectivity index (χ1v) is 6.98. The second-order valence-electron chi connectivity index (χ2n) is 5.65. The van der Waals surface area contributed by atoms with E-state index in [1.807, 2.05) is 19.2 Å². The number of rotatable bonds is 2. The summed E-state index contributed by atoms with van der Waals surface area (Å²) in [6, 6.07) is 10.7. The summed E-state index contributed by atoms with van der Waals surface area (Å²) in [6.07, 6.45) is 3.86. The van der Waals surface area contributed by atoms with Crippen molar-refractivity contribution < 1.29 is 4.42 Å². The van der Waals surface area contributed by atoms with E-state index in [-0.39, 0.29) is 0 Å². The first-order chi connectivity index (χ1) is 9.72. The third-order valence-corrected chi connectivity index (χ3v) is 4.29. The summed E-state index contributed by atoms with van der Waals surface area (Å²) in [4.78, 5) is 4.66. The average Bonchev–Trinajstić information content (AvgIpc) is 3.03. The van der Waals surface area contributed by atoms with Crippen LogP contribution in [0.15, 0.2) is 41.0 Å². The minimum atomic E-state index is 0.376. The first kappa shape index (κ1) is 11.7. The van der Waals surface area contributed by atoms with E-state index in [1.54, 1.807) is 6.26 Å². The molecular formula is C16H17N3O. The fourth-order valence-corrected chi connectivity index (χ4v) is 3.02. The molecule has 4 rings (SSSR count). The van der Waals surface area contributed by atoms with Crippen molar-refractivity contribution in [2.45, 2.75) is 24.8 Å². The Labute approximate surface area is 117 Å². The van der Waals surface area contributed by atoms with Gasteiger partial charge in [0.25, 0.3) is 0 Å². The third kappa shape index (κ3) is 1.68. The summed E-state index contributed by atoms with van der Waals surface area (Å²) in [7, 11) is 2.03. The van der Waals surface area contributed by atoms with Gasteiger partial charge in [-0.1, -0.05) is 6.07 Å². The summed E-state index contributed by atoms with van der Waals surface area (Å²) < 4.78 is 7.55. The summed E-state index contributed by atoms with van der Waals surface area (Å²) >= 11 is 0. The molecule has 2 N–H and O–H groups in total. The van der Waals surface area contributed by atoms with Gasteiger partial charge in [0, 0.05) is 13.1 Å². The Balaban J connectivity index is 1.80. The number of hydrogen-bond acceptors (Lipinski definition) is 3. The zero-order chi connectivity index (χ0) is 13.7. The molecule has 2 aromatic heterocycles. The molecule has 1 aliphatic rings. The fourth-order valence-electron chi connectivity index (χ4n) is 3.02. The highest BCUT2D eigenvalue weighted by molar-refractivity contribution is 5.80. The number of fused-ring (bicyclic) bond motifs is 1. The molecule has 0 bridgehead atoms. The lowest BCUT2D eigenvalue weighted by molar-refractivity contribution is 0.352. The van der Waals surface area contributed by atoms with Crippen LogP contribution in [0, 0.1) is 0 Å². The summed E-state index contributed by atoms with van der Waals surface area (Å²) in [5.41, 5.74) is 9.41. The van der Waals surface area contributed by atoms with Gasteiger partial charge in [0.15, 0.2) is 11.6 Å². The van der Waals surface area contributed by atoms with Crippen molar-refractivity contribution in [1.82, 2.24) is 9.55 Å². The summed E-state index contributed by atoms with van der Waals surface area (Å²) in [5.74, 6) is 2.28. The zero-order valence-corrected chi connectivity index (χ0v) is 11.4. The lowest BCUT2D eigenvalue weighted by Gasteiger charge is -2.32. The minimum absolute atomic E-state index is 0.376. The molecule has 4 nitrogen and oxygen atoms in total. The molecule has 0 spiro atoms. The van der Waals surface area contributed by atoms with Crippen LogP contribution < -0.4 is 5.73 Å². The molecule has 102 valence electrons. The number of benzene rings is 1. The number of aromatic nitrogens is 2. The number of imidazole rings is 1. The molecule has 1 saturated carbocycles. The standard InChI is InChI=1S/C16H17N3O/c1-19-14-9-10(11-7-12(17)8-11)4-5-13(14)18-16(19)15-3-2-6-20-15/h2-6,9,11-12H,7-8,17H2,1H3. The van der Waals surface area contributed by atoms with Gasteiger partial charge in [-0.15, -0.1) is 0 Å². The predicted octanol–water partition coefficient (Wildman–Crippen LogP) is 3.04. The third-order valence-electron chi connectivity index (χ3n) is 4.29. The van der Waals surface area contributed by atoms with Crippen molar-refractivity contribution in [1.29, 1.82) is 0 Å². The lowest BCUT2D eigenvalue weighted by Crippen LogP contribution is -2.34. The van der Waals surface area contributed by atoms with Crippen LogP contribution >= 0.6 is 0 Å². The second-order valence-corrected chi connectivity index (χ2v) is 5.65. The summed E-state index contributed by atoms with van der Waals surface area (Å²) in [5, 5.41) is 0. The van der Waals surface area contributed by atoms with Crippen LogP contribution in [-0.4, -0.2) is 15.6 Å². The van der Waals surface area contributed by atoms with E-state index in [1.165, 1.54) is 5.56 Å². The van der Waals surface area contributed by atoms with Crippen molar-refractivity contribution >= 4 is 11.0 Å². The molecule has 4 heteroatoms. The quantitative estimate of drug-likeness (QED) is 0.776. The van der Waals surface area contributed by atoms with E-state index in [9.17, 15) is 0 Å². The first-order valence-electron chi connectivity index (χ1n) is 6.98. The molecule has 0 amide bonds. The van der Waals surface area contributed by atoms with E-state index in [0.29, 0.717) is 12.0 Å². The topological polar surface area (TPSA) is 57.0 Å². The largest absolute Gasteiger partial charge is 0.461 e. The molecule has 0 radical (unpaired) electrons. The molecule has 3 aromatic rings. The SMILES string of the molecule is Cn1c(-c2ccco2)nc2ccc(C3CC(N)C3)cc21. The van der Waals surface area contributed by atoms with Gasteiger partial charge in [-0.05, 0) is 48.6 Å². The van der Waals surface area contributed by atoms with Gasteiger partial charge in [-0.3, -0.25) is 0 Å². The van der Waals surface area contributed by atoms with Crippen molar-refractivity contribution in [3.05, 3.63) is 42.2 Å². The van der Waals surface area contributed by atoms with Gasteiger partial charge in [-0.25, -0.2) is 4.98 Å². The van der Waals surface area contributed by atoms with Gasteiger partial charge >= 0.3 is 0 Å². The minimum Gasteiger partial charge on any atom is -0.461 e. The second kappa shape index (κ2) is 4.21. The van der Waals surface area contributed by atoms with Crippen LogP contribution in [0.4, 0.5) is 0 Å². The lowest BCUT2D eigenvalue weighted by atomic mass is 9.76. The highest BCUT2D eigenvalue weighted by Crippen LogP contribution is 2.37. The van der Waals surface area contributed by atoms with E-state index >= 15 is 0 Å². The Hall–Kier alpha value is -2.07. The van der Waals surface area contributed by atoms with Crippen molar-refractivity contribution in [3.8, 4) is 11.6 Å². The van der Waals surface area contributed by atoms with Crippen LogP contribution in [0.25, 0.3) is 22.6 Å². The van der Waals surface area contributed by atoms with Gasteiger partial charge in [0.2, 0.25) is 0 Å². The van der Waals surface area contributed by atoms with Crippen molar-refractivity contribution in [3.63, 3.8) is 0 Å². The van der Waals surface area contributed by atoms with Gasteiger partial charge in [-0.2, -0.15) is 0 Å². The van der Waals surface area contributed by atoms with Crippen LogP contribution in [0.1, 0.15) is 24.3 Å². The number of hydrogen-bond donors (Lipinski definition) is 1. The Morgan fingerprint density at radius 1 is 1.30 bits per heavy atom.